The Labute approximate surface area is 96.0 Å². The minimum absolute atomic E-state index is 0.910. The van der Waals surface area contributed by atoms with Crippen LogP contribution < -0.4 is 5.32 Å². The molecule has 0 saturated carbocycles. The van der Waals surface area contributed by atoms with E-state index in [1.54, 1.807) is 6.26 Å². The fraction of sp³-hybridized carbons (Fsp3) is 0.286. The smallest absolute Gasteiger partial charge is 0.134 e. The van der Waals surface area contributed by atoms with Gasteiger partial charge in [0.05, 0.1) is 6.26 Å². The van der Waals surface area contributed by atoms with Gasteiger partial charge in [-0.15, -0.1) is 0 Å². The summed E-state index contributed by atoms with van der Waals surface area (Å²) >= 11 is 0. The summed E-state index contributed by atoms with van der Waals surface area (Å²) in [4.78, 5) is 0. The van der Waals surface area contributed by atoms with E-state index in [9.17, 15) is 0 Å². The SMILES string of the molecule is CCCNC/C=C/c1coc2ccccc12. The number of fused-ring (bicyclic) bond motifs is 1. The molecule has 2 nitrogen and oxygen atoms in total. The van der Waals surface area contributed by atoms with Crippen molar-refractivity contribution in [2.45, 2.75) is 13.3 Å². The van der Waals surface area contributed by atoms with Crippen molar-refractivity contribution in [2.75, 3.05) is 13.1 Å². The molecule has 0 amide bonds. The van der Waals surface area contributed by atoms with Crippen LogP contribution in [0, 0.1) is 0 Å². The first-order valence-corrected chi connectivity index (χ1v) is 5.75. The molecule has 0 spiro atoms. The van der Waals surface area contributed by atoms with Crippen molar-refractivity contribution in [2.24, 2.45) is 0 Å². The van der Waals surface area contributed by atoms with Crippen molar-refractivity contribution in [3.05, 3.63) is 42.2 Å². The van der Waals surface area contributed by atoms with Crippen molar-refractivity contribution in [3.63, 3.8) is 0 Å². The van der Waals surface area contributed by atoms with Crippen LogP contribution in [0.1, 0.15) is 18.9 Å². The van der Waals surface area contributed by atoms with Crippen LogP contribution in [0.4, 0.5) is 0 Å². The lowest BCUT2D eigenvalue weighted by molar-refractivity contribution is 0.615. The van der Waals surface area contributed by atoms with Crippen LogP contribution >= 0.6 is 0 Å². The number of benzene rings is 1. The van der Waals surface area contributed by atoms with Gasteiger partial charge in [-0.25, -0.2) is 0 Å². The van der Waals surface area contributed by atoms with E-state index in [1.807, 2.05) is 18.2 Å². The molecule has 2 aromatic rings. The Morgan fingerprint density at radius 3 is 3.06 bits per heavy atom. The number of furan rings is 1. The molecule has 2 rings (SSSR count). The van der Waals surface area contributed by atoms with E-state index < -0.39 is 0 Å². The molecule has 1 aromatic carbocycles. The summed E-state index contributed by atoms with van der Waals surface area (Å²) in [6.45, 7) is 4.14. The van der Waals surface area contributed by atoms with Crippen molar-refractivity contribution in [1.82, 2.24) is 5.32 Å². The molecule has 0 unspecified atom stereocenters. The highest BCUT2D eigenvalue weighted by Gasteiger charge is 2.00. The quantitative estimate of drug-likeness (QED) is 0.773. The summed E-state index contributed by atoms with van der Waals surface area (Å²) in [5.41, 5.74) is 2.09. The summed E-state index contributed by atoms with van der Waals surface area (Å²) in [6.07, 6.45) is 7.21. The molecule has 2 heteroatoms. The number of nitrogens with one attached hydrogen (secondary N) is 1. The Hall–Kier alpha value is -1.54. The van der Waals surface area contributed by atoms with Crippen LogP contribution in [0.2, 0.25) is 0 Å². The highest BCUT2D eigenvalue weighted by molar-refractivity contribution is 5.86. The molecule has 0 atom stereocenters. The minimum Gasteiger partial charge on any atom is -0.464 e. The lowest BCUT2D eigenvalue weighted by atomic mass is 10.1. The Kier molecular flexibility index (Phi) is 3.78. The summed E-state index contributed by atoms with van der Waals surface area (Å²) in [6, 6.07) is 8.09. The van der Waals surface area contributed by atoms with E-state index in [4.69, 9.17) is 4.42 Å². The monoisotopic (exact) mass is 215 g/mol. The van der Waals surface area contributed by atoms with E-state index >= 15 is 0 Å². The summed E-state index contributed by atoms with van der Waals surface area (Å²) in [7, 11) is 0. The third-order valence-corrected chi connectivity index (χ3v) is 2.50. The van der Waals surface area contributed by atoms with Gasteiger partial charge in [0.25, 0.3) is 0 Å². The Morgan fingerprint density at radius 2 is 2.19 bits per heavy atom. The van der Waals surface area contributed by atoms with Crippen molar-refractivity contribution in [1.29, 1.82) is 0 Å². The standard InChI is InChI=1S/C14H17NO/c1-2-9-15-10-5-6-12-11-16-14-8-4-3-7-13(12)14/h3-8,11,15H,2,9-10H2,1H3/b6-5+. The van der Waals surface area contributed by atoms with Crippen LogP contribution in [0.3, 0.4) is 0 Å². The first-order valence-electron chi connectivity index (χ1n) is 5.75. The lowest BCUT2D eigenvalue weighted by Gasteiger charge is -1.95. The average Bonchev–Trinajstić information content (AvgIpc) is 2.73. The minimum atomic E-state index is 0.910. The largest absolute Gasteiger partial charge is 0.464 e. The van der Waals surface area contributed by atoms with Crippen LogP contribution in [0.5, 0.6) is 0 Å². The topological polar surface area (TPSA) is 25.2 Å². The molecule has 0 aliphatic heterocycles. The highest BCUT2D eigenvalue weighted by atomic mass is 16.3. The Bertz CT molecular complexity index is 470. The first kappa shape index (κ1) is 11.0. The van der Waals surface area contributed by atoms with E-state index in [2.05, 4.69) is 30.5 Å². The maximum atomic E-state index is 5.46. The predicted octanol–water partition coefficient (Wildman–Crippen LogP) is 3.45. The van der Waals surface area contributed by atoms with Gasteiger partial charge in [-0.3, -0.25) is 0 Å². The third-order valence-electron chi connectivity index (χ3n) is 2.50. The summed E-state index contributed by atoms with van der Waals surface area (Å²) in [5, 5.41) is 4.50. The van der Waals surface area contributed by atoms with E-state index in [0.29, 0.717) is 0 Å². The van der Waals surface area contributed by atoms with Gasteiger partial charge in [-0.2, -0.15) is 0 Å². The molecule has 0 fully saturated rings. The van der Waals surface area contributed by atoms with Gasteiger partial charge in [0.1, 0.15) is 5.58 Å². The molecule has 84 valence electrons. The van der Waals surface area contributed by atoms with Crippen LogP contribution in [0.15, 0.2) is 41.0 Å². The molecule has 0 radical (unpaired) electrons. The maximum Gasteiger partial charge on any atom is 0.134 e. The summed E-state index contributed by atoms with van der Waals surface area (Å²) in [5.74, 6) is 0. The van der Waals surface area contributed by atoms with E-state index in [0.717, 1.165) is 24.2 Å². The second-order valence-electron chi connectivity index (χ2n) is 3.79. The van der Waals surface area contributed by atoms with Gasteiger partial charge in [0.15, 0.2) is 0 Å². The molecule has 1 aromatic heterocycles. The maximum absolute atomic E-state index is 5.46. The summed E-state index contributed by atoms with van der Waals surface area (Å²) < 4.78 is 5.46. The van der Waals surface area contributed by atoms with Gasteiger partial charge in [0, 0.05) is 17.5 Å². The van der Waals surface area contributed by atoms with Crippen LogP contribution in [-0.4, -0.2) is 13.1 Å². The van der Waals surface area contributed by atoms with Crippen LogP contribution in [-0.2, 0) is 0 Å². The molecular weight excluding hydrogens is 198 g/mol. The van der Waals surface area contributed by atoms with Gasteiger partial charge >= 0.3 is 0 Å². The number of hydrogen-bond acceptors (Lipinski definition) is 2. The zero-order valence-corrected chi connectivity index (χ0v) is 9.57. The normalized spacial score (nSPS) is 11.6. The van der Waals surface area contributed by atoms with Gasteiger partial charge in [0.2, 0.25) is 0 Å². The van der Waals surface area contributed by atoms with Crippen LogP contribution in [0.25, 0.3) is 17.0 Å². The second-order valence-corrected chi connectivity index (χ2v) is 3.79. The van der Waals surface area contributed by atoms with Crippen molar-refractivity contribution >= 4 is 17.0 Å². The molecule has 0 saturated heterocycles. The highest BCUT2D eigenvalue weighted by Crippen LogP contribution is 2.21. The third kappa shape index (κ3) is 2.52. The number of hydrogen-bond donors (Lipinski definition) is 1. The molecule has 1 N–H and O–H groups in total. The zero-order valence-electron chi connectivity index (χ0n) is 9.57. The van der Waals surface area contributed by atoms with Gasteiger partial charge < -0.3 is 9.73 Å². The van der Waals surface area contributed by atoms with E-state index in [1.165, 1.54) is 11.8 Å². The molecule has 1 heterocycles. The fourth-order valence-corrected chi connectivity index (χ4v) is 1.68. The molecule has 16 heavy (non-hydrogen) atoms. The van der Waals surface area contributed by atoms with Gasteiger partial charge in [-0.05, 0) is 19.0 Å². The Balaban J connectivity index is 2.04. The lowest BCUT2D eigenvalue weighted by Crippen LogP contribution is -2.13. The zero-order chi connectivity index (χ0) is 11.2. The molecule has 0 aliphatic rings. The fourth-order valence-electron chi connectivity index (χ4n) is 1.68. The Morgan fingerprint density at radius 1 is 1.31 bits per heavy atom. The first-order chi connectivity index (χ1) is 7.92. The molecular formula is C14H17NO. The predicted molar refractivity (Wildman–Crippen MR) is 68.4 cm³/mol. The second kappa shape index (κ2) is 5.52. The molecule has 0 bridgehead atoms. The van der Waals surface area contributed by atoms with Crippen molar-refractivity contribution in [3.8, 4) is 0 Å². The number of para-hydroxylation sites is 1. The van der Waals surface area contributed by atoms with Crippen molar-refractivity contribution < 1.29 is 4.42 Å². The average molecular weight is 215 g/mol. The molecule has 0 aliphatic carbocycles. The van der Waals surface area contributed by atoms with Gasteiger partial charge in [-0.1, -0.05) is 37.3 Å². The number of rotatable bonds is 5. The van der Waals surface area contributed by atoms with E-state index in [-0.39, 0.29) is 0 Å².